The molecule has 0 aromatic rings. The van der Waals surface area contributed by atoms with Crippen molar-refractivity contribution in [1.29, 1.82) is 0 Å². The third-order valence-electron chi connectivity index (χ3n) is 6.47. The molecule has 0 aromatic heterocycles. The van der Waals surface area contributed by atoms with E-state index in [1.165, 1.54) is 19.3 Å². The van der Waals surface area contributed by atoms with E-state index in [1.807, 2.05) is 6.92 Å². The Morgan fingerprint density at radius 1 is 1.35 bits per heavy atom. The minimum absolute atomic E-state index is 0.00969. The van der Waals surface area contributed by atoms with E-state index < -0.39 is 0 Å². The highest BCUT2D eigenvalue weighted by Gasteiger charge is 2.63. The van der Waals surface area contributed by atoms with Gasteiger partial charge in [-0.3, -0.25) is 9.69 Å². The average molecular weight is 279 g/mol. The smallest absolute Gasteiger partial charge is 0.310 e. The maximum Gasteiger partial charge on any atom is 0.310 e. The second kappa shape index (κ2) is 4.46. The van der Waals surface area contributed by atoms with Crippen LogP contribution in [0.15, 0.2) is 0 Å². The van der Waals surface area contributed by atoms with Gasteiger partial charge >= 0.3 is 5.97 Å². The quantitative estimate of drug-likeness (QED) is 0.741. The van der Waals surface area contributed by atoms with Gasteiger partial charge in [0.05, 0.1) is 12.5 Å². The number of esters is 1. The molecule has 3 aliphatic rings. The van der Waals surface area contributed by atoms with Crippen molar-refractivity contribution < 1.29 is 9.53 Å². The Bertz CT molecular complexity index is 414. The van der Waals surface area contributed by atoms with Crippen molar-refractivity contribution in [1.82, 2.24) is 4.90 Å². The Morgan fingerprint density at radius 3 is 2.60 bits per heavy atom. The maximum absolute atomic E-state index is 11.9. The Labute approximate surface area is 123 Å². The number of carbonyl (C=O) groups is 1. The molecule has 0 aromatic carbocycles. The molecule has 0 heterocycles. The minimum atomic E-state index is 0.00969. The van der Waals surface area contributed by atoms with E-state index in [-0.39, 0.29) is 11.9 Å². The van der Waals surface area contributed by atoms with Gasteiger partial charge in [0, 0.05) is 12.1 Å². The van der Waals surface area contributed by atoms with E-state index >= 15 is 0 Å². The lowest BCUT2D eigenvalue weighted by molar-refractivity contribution is -0.145. The first kappa shape index (κ1) is 14.4. The Hall–Kier alpha value is -0.570. The monoisotopic (exact) mass is 279 g/mol. The van der Waals surface area contributed by atoms with E-state index in [4.69, 9.17) is 4.74 Å². The van der Waals surface area contributed by atoms with Gasteiger partial charge in [-0.25, -0.2) is 0 Å². The summed E-state index contributed by atoms with van der Waals surface area (Å²) in [4.78, 5) is 14.4. The number of fused-ring (bicyclic) bond motifs is 2. The molecule has 20 heavy (non-hydrogen) atoms. The van der Waals surface area contributed by atoms with Crippen LogP contribution in [-0.2, 0) is 9.53 Å². The van der Waals surface area contributed by atoms with Gasteiger partial charge < -0.3 is 4.74 Å². The SMILES string of the molecule is CCOC(=O)C1CC1N(C)C1C2(C)CCC(C2)C1(C)C. The highest BCUT2D eigenvalue weighted by Crippen LogP contribution is 2.64. The van der Waals surface area contributed by atoms with Crippen LogP contribution in [0.3, 0.4) is 0 Å². The van der Waals surface area contributed by atoms with Gasteiger partial charge in [0.2, 0.25) is 0 Å². The van der Waals surface area contributed by atoms with Crippen LogP contribution in [-0.4, -0.2) is 36.6 Å². The first-order chi connectivity index (χ1) is 9.31. The zero-order chi connectivity index (χ0) is 14.7. The summed E-state index contributed by atoms with van der Waals surface area (Å²) in [6.45, 7) is 9.72. The van der Waals surface area contributed by atoms with Crippen molar-refractivity contribution >= 4 is 5.97 Å². The molecule has 0 amide bonds. The zero-order valence-corrected chi connectivity index (χ0v) is 13.6. The summed E-state index contributed by atoms with van der Waals surface area (Å²) in [5, 5.41) is 0. The Balaban J connectivity index is 1.72. The predicted molar refractivity (Wildman–Crippen MR) is 79.3 cm³/mol. The van der Waals surface area contributed by atoms with Crippen molar-refractivity contribution in [2.24, 2.45) is 22.7 Å². The Kier molecular flexibility index (Phi) is 3.20. The normalized spacial score (nSPS) is 44.9. The lowest BCUT2D eigenvalue weighted by Gasteiger charge is -2.48. The fourth-order valence-electron chi connectivity index (χ4n) is 5.62. The van der Waals surface area contributed by atoms with Crippen LogP contribution >= 0.6 is 0 Å². The van der Waals surface area contributed by atoms with Crippen molar-refractivity contribution in [2.75, 3.05) is 13.7 Å². The molecular formula is C17H29NO2. The van der Waals surface area contributed by atoms with Gasteiger partial charge in [0.15, 0.2) is 0 Å². The first-order valence-corrected chi connectivity index (χ1v) is 8.20. The van der Waals surface area contributed by atoms with Gasteiger partial charge in [0.25, 0.3) is 0 Å². The van der Waals surface area contributed by atoms with Gasteiger partial charge in [-0.15, -0.1) is 0 Å². The van der Waals surface area contributed by atoms with Crippen molar-refractivity contribution in [3.05, 3.63) is 0 Å². The number of carbonyl (C=O) groups excluding carboxylic acids is 1. The van der Waals surface area contributed by atoms with E-state index in [1.54, 1.807) is 0 Å². The van der Waals surface area contributed by atoms with E-state index in [9.17, 15) is 4.79 Å². The van der Waals surface area contributed by atoms with Crippen LogP contribution in [0.25, 0.3) is 0 Å². The van der Waals surface area contributed by atoms with Crippen LogP contribution < -0.4 is 0 Å². The minimum Gasteiger partial charge on any atom is -0.466 e. The molecule has 3 heteroatoms. The number of ether oxygens (including phenoxy) is 1. The molecule has 3 rings (SSSR count). The summed E-state index contributed by atoms with van der Waals surface area (Å²) >= 11 is 0. The molecule has 3 nitrogen and oxygen atoms in total. The molecule has 0 radical (unpaired) electrons. The van der Waals surface area contributed by atoms with Gasteiger partial charge in [0.1, 0.15) is 0 Å². The molecule has 0 aliphatic heterocycles. The van der Waals surface area contributed by atoms with E-state index in [0.717, 1.165) is 12.3 Å². The van der Waals surface area contributed by atoms with Gasteiger partial charge in [-0.1, -0.05) is 20.8 Å². The van der Waals surface area contributed by atoms with Crippen LogP contribution in [0, 0.1) is 22.7 Å². The van der Waals surface area contributed by atoms with Gasteiger partial charge in [-0.2, -0.15) is 0 Å². The molecular weight excluding hydrogens is 250 g/mol. The fourth-order valence-corrected chi connectivity index (χ4v) is 5.62. The van der Waals surface area contributed by atoms with E-state index in [0.29, 0.717) is 29.5 Å². The van der Waals surface area contributed by atoms with Crippen molar-refractivity contribution in [2.45, 2.75) is 65.5 Å². The summed E-state index contributed by atoms with van der Waals surface area (Å²) < 4.78 is 5.18. The molecule has 5 unspecified atom stereocenters. The number of hydrogen-bond acceptors (Lipinski definition) is 3. The second-order valence-corrected chi connectivity index (χ2v) is 8.14. The average Bonchev–Trinajstić information content (AvgIpc) is 3.01. The molecule has 3 fully saturated rings. The number of hydrogen-bond donors (Lipinski definition) is 0. The van der Waals surface area contributed by atoms with Crippen LogP contribution in [0.5, 0.6) is 0 Å². The zero-order valence-electron chi connectivity index (χ0n) is 13.6. The summed E-state index contributed by atoms with van der Waals surface area (Å²) in [6.07, 6.45) is 5.10. The van der Waals surface area contributed by atoms with Crippen molar-refractivity contribution in [3.8, 4) is 0 Å². The predicted octanol–water partition coefficient (Wildman–Crippen LogP) is 3.08. The Morgan fingerprint density at radius 2 is 2.05 bits per heavy atom. The molecule has 5 atom stereocenters. The number of nitrogens with zero attached hydrogens (tertiary/aromatic N) is 1. The highest BCUT2D eigenvalue weighted by atomic mass is 16.5. The second-order valence-electron chi connectivity index (χ2n) is 8.14. The molecule has 0 saturated heterocycles. The largest absolute Gasteiger partial charge is 0.466 e. The third kappa shape index (κ3) is 1.93. The summed E-state index contributed by atoms with van der Waals surface area (Å²) in [6, 6.07) is 1.02. The lowest BCUT2D eigenvalue weighted by atomic mass is 9.67. The van der Waals surface area contributed by atoms with Crippen molar-refractivity contribution in [3.63, 3.8) is 0 Å². The fraction of sp³-hybridized carbons (Fsp3) is 0.941. The topological polar surface area (TPSA) is 29.5 Å². The number of rotatable bonds is 4. The molecule has 3 aliphatic carbocycles. The summed E-state index contributed by atoms with van der Waals surface area (Å²) in [5.74, 6) is 0.994. The molecule has 2 bridgehead atoms. The van der Waals surface area contributed by atoms with E-state index in [2.05, 4.69) is 32.7 Å². The standard InChI is InChI=1S/C17H29NO2/c1-6-20-14(19)12-9-13(12)18(5)15-16(2,3)11-7-8-17(15,4)10-11/h11-13,15H,6-10H2,1-5H3. The maximum atomic E-state index is 11.9. The molecule has 0 spiro atoms. The molecule has 3 saturated carbocycles. The summed E-state index contributed by atoms with van der Waals surface area (Å²) in [7, 11) is 2.24. The molecule has 0 N–H and O–H groups in total. The first-order valence-electron chi connectivity index (χ1n) is 8.20. The third-order valence-corrected chi connectivity index (χ3v) is 6.47. The van der Waals surface area contributed by atoms with Gasteiger partial charge in [-0.05, 0) is 56.4 Å². The van der Waals surface area contributed by atoms with Crippen LogP contribution in [0.1, 0.15) is 53.4 Å². The lowest BCUT2D eigenvalue weighted by Crippen LogP contribution is -2.52. The van der Waals surface area contributed by atoms with Crippen LogP contribution in [0.2, 0.25) is 0 Å². The highest BCUT2D eigenvalue weighted by molar-refractivity contribution is 5.76. The van der Waals surface area contributed by atoms with Crippen LogP contribution in [0.4, 0.5) is 0 Å². The molecule has 114 valence electrons. The summed E-state index contributed by atoms with van der Waals surface area (Å²) in [5.41, 5.74) is 0.828.